The van der Waals surface area contributed by atoms with Gasteiger partial charge in [0.1, 0.15) is 18.1 Å². The Morgan fingerprint density at radius 3 is 1.76 bits per heavy atom. The number of rotatable bonds is 7. The summed E-state index contributed by atoms with van der Waals surface area (Å²) >= 11 is 0. The third-order valence-electron chi connectivity index (χ3n) is 3.28. The molecule has 0 fully saturated rings. The highest BCUT2D eigenvalue weighted by Crippen LogP contribution is 2.19. The van der Waals surface area contributed by atoms with Crippen LogP contribution in [0.15, 0.2) is 72.8 Å². The summed E-state index contributed by atoms with van der Waals surface area (Å²) in [5.41, 5.74) is 2.29. The average Bonchev–Trinajstić information content (AvgIpc) is 2.60. The summed E-state index contributed by atoms with van der Waals surface area (Å²) in [5.74, 6) is 0.434. The monoisotopic (exact) mass is 336 g/mol. The molecule has 4 heteroatoms. The van der Waals surface area contributed by atoms with Crippen LogP contribution < -0.4 is 9.47 Å². The zero-order chi connectivity index (χ0) is 18.4. The first-order valence-electron chi connectivity index (χ1n) is 7.76. The van der Waals surface area contributed by atoms with Gasteiger partial charge in [0.25, 0.3) is 0 Å². The maximum absolute atomic E-state index is 12.5. The molecule has 0 amide bonds. The second-order valence-electron chi connectivity index (χ2n) is 5.79. The zero-order valence-corrected chi connectivity index (χ0v) is 14.4. The van der Waals surface area contributed by atoms with Gasteiger partial charge in [-0.15, -0.1) is 0 Å². The van der Waals surface area contributed by atoms with E-state index in [1.807, 2.05) is 6.92 Å². The molecular formula is C21H20O4. The maximum atomic E-state index is 12.5. The summed E-state index contributed by atoms with van der Waals surface area (Å²) in [4.78, 5) is 24.0. The van der Waals surface area contributed by atoms with E-state index in [0.717, 1.165) is 5.57 Å². The summed E-state index contributed by atoms with van der Waals surface area (Å²) in [6.45, 7) is 11.2. The second kappa shape index (κ2) is 8.11. The van der Waals surface area contributed by atoms with Gasteiger partial charge in [0.15, 0.2) is 5.78 Å². The summed E-state index contributed by atoms with van der Waals surface area (Å²) in [5, 5.41) is 0. The van der Waals surface area contributed by atoms with E-state index in [2.05, 4.69) is 13.2 Å². The standard InChI is InChI=1S/C21H20O4/c1-14(2)13-24-18-9-5-16(6-10-18)20(22)17-7-11-19(12-8-17)25-21(23)15(3)4/h5-12H,1,3,13H2,2,4H3. The first-order valence-corrected chi connectivity index (χ1v) is 7.76. The molecule has 2 aromatic carbocycles. The lowest BCUT2D eigenvalue weighted by Gasteiger charge is -2.07. The van der Waals surface area contributed by atoms with Crippen LogP contribution in [-0.4, -0.2) is 18.4 Å². The molecule has 0 aromatic heterocycles. The number of hydrogen-bond donors (Lipinski definition) is 0. The Morgan fingerprint density at radius 2 is 1.32 bits per heavy atom. The van der Waals surface area contributed by atoms with Crippen molar-refractivity contribution < 1.29 is 19.1 Å². The van der Waals surface area contributed by atoms with Gasteiger partial charge in [0.2, 0.25) is 0 Å². The summed E-state index contributed by atoms with van der Waals surface area (Å²) in [6, 6.07) is 13.3. The average molecular weight is 336 g/mol. The smallest absolute Gasteiger partial charge is 0.338 e. The fourth-order valence-corrected chi connectivity index (χ4v) is 1.94. The van der Waals surface area contributed by atoms with Gasteiger partial charge in [0, 0.05) is 16.7 Å². The molecule has 0 saturated carbocycles. The molecule has 0 bridgehead atoms. The molecular weight excluding hydrogens is 316 g/mol. The molecule has 0 saturated heterocycles. The van der Waals surface area contributed by atoms with Gasteiger partial charge in [-0.05, 0) is 68.0 Å². The minimum absolute atomic E-state index is 0.121. The number of benzene rings is 2. The molecule has 4 nitrogen and oxygen atoms in total. The molecule has 0 spiro atoms. The normalized spacial score (nSPS) is 10.0. The van der Waals surface area contributed by atoms with Crippen LogP contribution in [0.1, 0.15) is 29.8 Å². The van der Waals surface area contributed by atoms with Crippen molar-refractivity contribution in [1.29, 1.82) is 0 Å². The van der Waals surface area contributed by atoms with E-state index in [1.54, 1.807) is 55.5 Å². The highest BCUT2D eigenvalue weighted by Gasteiger charge is 2.11. The van der Waals surface area contributed by atoms with Crippen molar-refractivity contribution in [3.63, 3.8) is 0 Å². The van der Waals surface area contributed by atoms with Gasteiger partial charge in [-0.2, -0.15) is 0 Å². The predicted molar refractivity (Wildman–Crippen MR) is 97.1 cm³/mol. The van der Waals surface area contributed by atoms with E-state index in [0.29, 0.717) is 34.8 Å². The largest absolute Gasteiger partial charge is 0.489 e. The van der Waals surface area contributed by atoms with Crippen LogP contribution in [0.2, 0.25) is 0 Å². The fourth-order valence-electron chi connectivity index (χ4n) is 1.94. The predicted octanol–water partition coefficient (Wildman–Crippen LogP) is 4.35. The van der Waals surface area contributed by atoms with Gasteiger partial charge in [0.05, 0.1) is 0 Å². The van der Waals surface area contributed by atoms with E-state index in [-0.39, 0.29) is 5.78 Å². The number of carbonyl (C=O) groups excluding carboxylic acids is 2. The molecule has 0 aliphatic heterocycles. The van der Waals surface area contributed by atoms with Crippen molar-refractivity contribution in [2.45, 2.75) is 13.8 Å². The molecule has 0 heterocycles. The van der Waals surface area contributed by atoms with Gasteiger partial charge >= 0.3 is 5.97 Å². The molecule has 0 aliphatic rings. The molecule has 2 rings (SSSR count). The van der Waals surface area contributed by atoms with Crippen LogP contribution in [0.3, 0.4) is 0 Å². The molecule has 128 valence electrons. The Hall–Kier alpha value is -3.14. The Labute approximate surface area is 147 Å². The Morgan fingerprint density at radius 1 is 0.840 bits per heavy atom. The molecule has 25 heavy (non-hydrogen) atoms. The fraction of sp³-hybridized carbons (Fsp3) is 0.143. The molecule has 0 radical (unpaired) electrons. The first-order chi connectivity index (χ1) is 11.9. The highest BCUT2D eigenvalue weighted by atomic mass is 16.5. The third-order valence-corrected chi connectivity index (χ3v) is 3.28. The van der Waals surface area contributed by atoms with Crippen molar-refractivity contribution in [3.8, 4) is 11.5 Å². The lowest BCUT2D eigenvalue weighted by Crippen LogP contribution is -2.08. The number of carbonyl (C=O) groups is 2. The lowest BCUT2D eigenvalue weighted by molar-refractivity contribution is -0.130. The van der Waals surface area contributed by atoms with Crippen LogP contribution in [-0.2, 0) is 4.79 Å². The Balaban J connectivity index is 2.06. The molecule has 0 atom stereocenters. The van der Waals surface area contributed by atoms with E-state index in [1.165, 1.54) is 0 Å². The molecule has 0 unspecified atom stereocenters. The summed E-state index contributed by atoms with van der Waals surface area (Å²) in [6.07, 6.45) is 0. The van der Waals surface area contributed by atoms with Crippen LogP contribution in [0.4, 0.5) is 0 Å². The highest BCUT2D eigenvalue weighted by molar-refractivity contribution is 6.09. The van der Waals surface area contributed by atoms with Crippen LogP contribution in [0.25, 0.3) is 0 Å². The number of hydrogen-bond acceptors (Lipinski definition) is 4. The van der Waals surface area contributed by atoms with Gasteiger partial charge in [-0.25, -0.2) is 4.79 Å². The lowest BCUT2D eigenvalue weighted by atomic mass is 10.0. The minimum Gasteiger partial charge on any atom is -0.489 e. The zero-order valence-electron chi connectivity index (χ0n) is 14.4. The third kappa shape index (κ3) is 5.18. The topological polar surface area (TPSA) is 52.6 Å². The van der Waals surface area contributed by atoms with Gasteiger partial charge in [-0.3, -0.25) is 4.79 Å². The van der Waals surface area contributed by atoms with Crippen molar-refractivity contribution in [2.24, 2.45) is 0 Å². The number of ketones is 1. The number of esters is 1. The maximum Gasteiger partial charge on any atom is 0.338 e. The molecule has 0 N–H and O–H groups in total. The quantitative estimate of drug-likeness (QED) is 0.248. The molecule has 0 aliphatic carbocycles. The summed E-state index contributed by atoms with van der Waals surface area (Å²) < 4.78 is 10.6. The second-order valence-corrected chi connectivity index (χ2v) is 5.79. The first kappa shape index (κ1) is 18.2. The van der Waals surface area contributed by atoms with Crippen molar-refractivity contribution in [1.82, 2.24) is 0 Å². The Bertz CT molecular complexity index is 799. The van der Waals surface area contributed by atoms with E-state index < -0.39 is 5.97 Å². The van der Waals surface area contributed by atoms with Crippen LogP contribution >= 0.6 is 0 Å². The van der Waals surface area contributed by atoms with E-state index >= 15 is 0 Å². The van der Waals surface area contributed by atoms with Crippen molar-refractivity contribution in [2.75, 3.05) is 6.61 Å². The van der Waals surface area contributed by atoms with Gasteiger partial charge in [-0.1, -0.05) is 13.2 Å². The van der Waals surface area contributed by atoms with Crippen LogP contribution in [0, 0.1) is 0 Å². The van der Waals surface area contributed by atoms with Crippen molar-refractivity contribution in [3.05, 3.63) is 84.0 Å². The van der Waals surface area contributed by atoms with E-state index in [4.69, 9.17) is 9.47 Å². The van der Waals surface area contributed by atoms with E-state index in [9.17, 15) is 9.59 Å². The SMILES string of the molecule is C=C(C)COc1ccc(C(=O)c2ccc(OC(=O)C(=C)C)cc2)cc1. The molecule has 2 aromatic rings. The van der Waals surface area contributed by atoms with Gasteiger partial charge < -0.3 is 9.47 Å². The van der Waals surface area contributed by atoms with Crippen molar-refractivity contribution >= 4 is 11.8 Å². The Kier molecular flexibility index (Phi) is 5.90. The summed E-state index contributed by atoms with van der Waals surface area (Å²) in [7, 11) is 0. The minimum atomic E-state index is -0.496. The number of ether oxygens (including phenoxy) is 2. The van der Waals surface area contributed by atoms with Crippen LogP contribution in [0.5, 0.6) is 11.5 Å².